The van der Waals surface area contributed by atoms with Crippen molar-refractivity contribution in [2.75, 3.05) is 5.43 Å². The molecule has 4 aromatic rings. The monoisotopic (exact) mass is 374 g/mol. The molecule has 0 bridgehead atoms. The van der Waals surface area contributed by atoms with Crippen LogP contribution in [-0.4, -0.2) is 31.1 Å². The Kier molecular flexibility index (Phi) is 4.89. The van der Waals surface area contributed by atoms with E-state index in [1.807, 2.05) is 24.3 Å². The van der Waals surface area contributed by atoms with Crippen LogP contribution in [0.4, 0.5) is 5.95 Å². The number of fused-ring (bicyclic) bond motifs is 3. The Morgan fingerprint density at radius 1 is 1.11 bits per heavy atom. The molecule has 2 heterocycles. The third kappa shape index (κ3) is 3.51. The highest BCUT2D eigenvalue weighted by atomic mass is 16.3. The van der Waals surface area contributed by atoms with Crippen LogP contribution < -0.4 is 5.43 Å². The summed E-state index contributed by atoms with van der Waals surface area (Å²) in [4.78, 5) is 4.65. The molecular formula is C21H22N6O. The van der Waals surface area contributed by atoms with Crippen molar-refractivity contribution < 1.29 is 5.11 Å². The predicted octanol–water partition coefficient (Wildman–Crippen LogP) is 4.18. The average Bonchev–Trinajstić information content (AvgIpc) is 3.01. The maximum atomic E-state index is 9.80. The van der Waals surface area contributed by atoms with Gasteiger partial charge >= 0.3 is 0 Å². The molecule has 0 unspecified atom stereocenters. The summed E-state index contributed by atoms with van der Waals surface area (Å²) in [6.45, 7) is 5.28. The Labute approximate surface area is 162 Å². The molecule has 2 aromatic carbocycles. The quantitative estimate of drug-likeness (QED) is 0.390. The third-order valence-electron chi connectivity index (χ3n) is 4.61. The molecule has 2 aromatic heterocycles. The van der Waals surface area contributed by atoms with E-state index in [1.165, 1.54) is 6.21 Å². The lowest BCUT2D eigenvalue weighted by molar-refractivity contribution is 0.474. The number of phenolic OH excluding ortho intramolecular Hbond substituents is 1. The number of rotatable bonds is 6. The van der Waals surface area contributed by atoms with Crippen LogP contribution >= 0.6 is 0 Å². The minimum absolute atomic E-state index is 0.163. The van der Waals surface area contributed by atoms with E-state index in [9.17, 15) is 5.11 Å². The number of hydrogen-bond acceptors (Lipinski definition) is 6. The number of nitrogens with one attached hydrogen (secondary N) is 1. The van der Waals surface area contributed by atoms with E-state index in [-0.39, 0.29) is 5.75 Å². The summed E-state index contributed by atoms with van der Waals surface area (Å²) in [6.07, 6.45) is 2.57. The van der Waals surface area contributed by atoms with Gasteiger partial charge in [0.05, 0.1) is 11.7 Å². The van der Waals surface area contributed by atoms with Crippen LogP contribution in [0.15, 0.2) is 53.6 Å². The lowest BCUT2D eigenvalue weighted by Crippen LogP contribution is -2.05. The molecule has 28 heavy (non-hydrogen) atoms. The Morgan fingerprint density at radius 3 is 2.71 bits per heavy atom. The topological polar surface area (TPSA) is 88.2 Å². The van der Waals surface area contributed by atoms with E-state index < -0.39 is 0 Å². The molecule has 7 nitrogen and oxygen atoms in total. The minimum atomic E-state index is 0.163. The average molecular weight is 374 g/mol. The maximum absolute atomic E-state index is 9.80. The van der Waals surface area contributed by atoms with E-state index in [1.54, 1.807) is 18.2 Å². The Hall–Kier alpha value is -3.48. The molecule has 0 aliphatic rings. The summed E-state index contributed by atoms with van der Waals surface area (Å²) in [7, 11) is 0. The number of phenols is 1. The molecule has 0 radical (unpaired) electrons. The molecule has 7 heteroatoms. The molecule has 2 N–H and O–H groups in total. The van der Waals surface area contributed by atoms with Crippen molar-refractivity contribution >= 4 is 34.2 Å². The standard InChI is InChI=1S/C21H22N6O/c1-14(2)11-12-27-17-9-5-4-8-16(17)19-20(27)23-21(26-24-19)25-22-13-15-7-3-6-10-18(15)28/h3-10,13-14,28H,11-12H2,1-2H3,(H,23,25,26)/b22-13+. The van der Waals surface area contributed by atoms with Crippen molar-refractivity contribution in [3.05, 3.63) is 54.1 Å². The van der Waals surface area contributed by atoms with Crippen molar-refractivity contribution in [3.63, 3.8) is 0 Å². The lowest BCUT2D eigenvalue weighted by Gasteiger charge is -2.08. The van der Waals surface area contributed by atoms with Gasteiger partial charge in [0.25, 0.3) is 5.95 Å². The van der Waals surface area contributed by atoms with E-state index in [0.29, 0.717) is 17.4 Å². The van der Waals surface area contributed by atoms with Gasteiger partial charge < -0.3 is 9.67 Å². The molecule has 0 saturated carbocycles. The first-order valence-corrected chi connectivity index (χ1v) is 9.32. The molecule has 0 aliphatic carbocycles. The fourth-order valence-electron chi connectivity index (χ4n) is 3.12. The van der Waals surface area contributed by atoms with E-state index in [4.69, 9.17) is 0 Å². The fourth-order valence-corrected chi connectivity index (χ4v) is 3.12. The number of aryl methyl sites for hydroxylation is 1. The highest BCUT2D eigenvalue weighted by Crippen LogP contribution is 2.27. The molecular weight excluding hydrogens is 352 g/mol. The van der Waals surface area contributed by atoms with Crippen molar-refractivity contribution in [1.29, 1.82) is 0 Å². The van der Waals surface area contributed by atoms with Gasteiger partial charge in [-0.1, -0.05) is 44.2 Å². The van der Waals surface area contributed by atoms with Crippen LogP contribution in [0.5, 0.6) is 5.75 Å². The molecule has 0 aliphatic heterocycles. The number of para-hydroxylation sites is 2. The normalized spacial score (nSPS) is 11.8. The summed E-state index contributed by atoms with van der Waals surface area (Å²) in [6, 6.07) is 15.1. The van der Waals surface area contributed by atoms with Gasteiger partial charge in [0.1, 0.15) is 11.3 Å². The summed E-state index contributed by atoms with van der Waals surface area (Å²) in [5, 5.41) is 23.5. The van der Waals surface area contributed by atoms with Crippen LogP contribution in [0.25, 0.3) is 22.1 Å². The molecule has 142 valence electrons. The SMILES string of the molecule is CC(C)CCn1c2ccccc2c2nnc(N/N=C/c3ccccc3O)nc21. The zero-order chi connectivity index (χ0) is 19.5. The van der Waals surface area contributed by atoms with Gasteiger partial charge in [-0.25, -0.2) is 5.43 Å². The van der Waals surface area contributed by atoms with Crippen LogP contribution in [0, 0.1) is 5.92 Å². The Bertz CT molecular complexity index is 1150. The van der Waals surface area contributed by atoms with Crippen LogP contribution in [-0.2, 0) is 6.54 Å². The number of benzene rings is 2. The van der Waals surface area contributed by atoms with E-state index in [0.717, 1.165) is 35.0 Å². The summed E-state index contributed by atoms with van der Waals surface area (Å²) in [5.41, 5.74) is 6.10. The molecule has 4 rings (SSSR count). The van der Waals surface area contributed by atoms with Crippen LogP contribution in [0.3, 0.4) is 0 Å². The number of aromatic hydroxyl groups is 1. The summed E-state index contributed by atoms with van der Waals surface area (Å²) >= 11 is 0. The van der Waals surface area contributed by atoms with Gasteiger partial charge in [-0.15, -0.1) is 10.2 Å². The number of nitrogens with zero attached hydrogens (tertiary/aromatic N) is 5. The third-order valence-corrected chi connectivity index (χ3v) is 4.61. The molecule has 0 spiro atoms. The predicted molar refractivity (Wildman–Crippen MR) is 112 cm³/mol. The zero-order valence-corrected chi connectivity index (χ0v) is 15.9. The second kappa shape index (κ2) is 7.64. The fraction of sp³-hybridized carbons (Fsp3) is 0.238. The Balaban J connectivity index is 1.68. The summed E-state index contributed by atoms with van der Waals surface area (Å²) < 4.78 is 2.19. The van der Waals surface area contributed by atoms with Gasteiger partial charge in [-0.05, 0) is 30.5 Å². The van der Waals surface area contributed by atoms with Gasteiger partial charge in [0.2, 0.25) is 0 Å². The zero-order valence-electron chi connectivity index (χ0n) is 15.9. The number of hydrogen-bond donors (Lipinski definition) is 2. The molecule has 0 saturated heterocycles. The van der Waals surface area contributed by atoms with Crippen molar-refractivity contribution in [2.24, 2.45) is 11.0 Å². The van der Waals surface area contributed by atoms with Gasteiger partial charge in [0, 0.05) is 17.5 Å². The van der Waals surface area contributed by atoms with E-state index in [2.05, 4.69) is 50.2 Å². The minimum Gasteiger partial charge on any atom is -0.507 e. The van der Waals surface area contributed by atoms with Gasteiger partial charge in [-0.3, -0.25) is 0 Å². The molecule has 0 amide bonds. The first-order valence-electron chi connectivity index (χ1n) is 9.32. The number of hydrazone groups is 1. The Morgan fingerprint density at radius 2 is 1.89 bits per heavy atom. The smallest absolute Gasteiger partial charge is 0.265 e. The summed E-state index contributed by atoms with van der Waals surface area (Å²) in [5.74, 6) is 1.07. The second-order valence-electron chi connectivity index (χ2n) is 7.09. The van der Waals surface area contributed by atoms with Gasteiger partial charge in [-0.2, -0.15) is 10.1 Å². The number of aromatic nitrogens is 4. The van der Waals surface area contributed by atoms with E-state index >= 15 is 0 Å². The van der Waals surface area contributed by atoms with Crippen LogP contribution in [0.2, 0.25) is 0 Å². The molecule has 0 fully saturated rings. The second-order valence-corrected chi connectivity index (χ2v) is 7.09. The highest BCUT2D eigenvalue weighted by Gasteiger charge is 2.14. The largest absolute Gasteiger partial charge is 0.507 e. The van der Waals surface area contributed by atoms with Crippen molar-refractivity contribution in [1.82, 2.24) is 19.7 Å². The van der Waals surface area contributed by atoms with Crippen molar-refractivity contribution in [3.8, 4) is 5.75 Å². The molecule has 0 atom stereocenters. The highest BCUT2D eigenvalue weighted by molar-refractivity contribution is 6.04. The lowest BCUT2D eigenvalue weighted by atomic mass is 10.1. The first kappa shape index (κ1) is 17.9. The van der Waals surface area contributed by atoms with Gasteiger partial charge in [0.15, 0.2) is 5.65 Å². The van der Waals surface area contributed by atoms with Crippen molar-refractivity contribution in [2.45, 2.75) is 26.8 Å². The number of anilines is 1. The maximum Gasteiger partial charge on any atom is 0.265 e. The van der Waals surface area contributed by atoms with Crippen LogP contribution in [0.1, 0.15) is 25.8 Å². The first-order chi connectivity index (χ1) is 13.6.